The Kier molecular flexibility index (Phi) is 4.99. The highest BCUT2D eigenvalue weighted by molar-refractivity contribution is 5.91. The molecule has 1 atom stereocenters. The molecule has 1 unspecified atom stereocenters. The molecule has 2 rings (SSSR count). The van der Waals surface area contributed by atoms with Crippen LogP contribution in [0.4, 0.5) is 11.4 Å². The van der Waals surface area contributed by atoms with Gasteiger partial charge in [0.25, 0.3) is 0 Å². The van der Waals surface area contributed by atoms with Crippen molar-refractivity contribution in [3.05, 3.63) is 59.7 Å². The largest absolute Gasteiger partial charge is 0.399 e. The summed E-state index contributed by atoms with van der Waals surface area (Å²) in [5, 5.41) is 2.94. The first-order valence-corrected chi connectivity index (χ1v) is 7.32. The third-order valence-electron chi connectivity index (χ3n) is 3.64. The smallest absolute Gasteiger partial charge is 0.224 e. The molecule has 0 radical (unpaired) electrons. The Bertz CT molecular complexity index is 588. The topological polar surface area (TPSA) is 55.1 Å². The van der Waals surface area contributed by atoms with Crippen LogP contribution in [0.2, 0.25) is 0 Å². The summed E-state index contributed by atoms with van der Waals surface area (Å²) in [5.74, 6) is 0.198. The van der Waals surface area contributed by atoms with Gasteiger partial charge < -0.3 is 11.1 Å². The predicted molar refractivity (Wildman–Crippen MR) is 88.3 cm³/mol. The summed E-state index contributed by atoms with van der Waals surface area (Å²) in [6.45, 7) is 4.16. The lowest BCUT2D eigenvalue weighted by Gasteiger charge is -2.12. The van der Waals surface area contributed by atoms with Crippen LogP contribution < -0.4 is 11.1 Å². The van der Waals surface area contributed by atoms with E-state index in [1.54, 1.807) is 0 Å². The maximum absolute atomic E-state index is 12.1. The normalized spacial score (nSPS) is 11.9. The molecule has 0 saturated heterocycles. The van der Waals surface area contributed by atoms with Gasteiger partial charge in [-0.05, 0) is 47.7 Å². The minimum atomic E-state index is 0.0311. The highest BCUT2D eigenvalue weighted by Crippen LogP contribution is 2.21. The number of aryl methyl sites for hydroxylation is 1. The third-order valence-corrected chi connectivity index (χ3v) is 3.64. The average Bonchev–Trinajstić information content (AvgIpc) is 2.48. The van der Waals surface area contributed by atoms with Gasteiger partial charge in [0, 0.05) is 17.8 Å². The van der Waals surface area contributed by atoms with Crippen molar-refractivity contribution in [1.29, 1.82) is 0 Å². The number of benzene rings is 2. The van der Waals surface area contributed by atoms with Crippen molar-refractivity contribution in [2.24, 2.45) is 0 Å². The molecule has 2 aromatic rings. The third kappa shape index (κ3) is 4.35. The summed E-state index contributed by atoms with van der Waals surface area (Å²) < 4.78 is 0. The lowest BCUT2D eigenvalue weighted by molar-refractivity contribution is -0.116. The van der Waals surface area contributed by atoms with Crippen molar-refractivity contribution >= 4 is 17.3 Å². The first-order chi connectivity index (χ1) is 10.1. The number of anilines is 2. The average molecular weight is 282 g/mol. The van der Waals surface area contributed by atoms with Crippen molar-refractivity contribution in [2.45, 2.75) is 32.6 Å². The number of carbonyl (C=O) groups excluding carboxylic acids is 1. The molecule has 0 aromatic heterocycles. The van der Waals surface area contributed by atoms with Crippen molar-refractivity contribution in [1.82, 2.24) is 0 Å². The van der Waals surface area contributed by atoms with Crippen LogP contribution in [-0.2, 0) is 11.2 Å². The van der Waals surface area contributed by atoms with Crippen molar-refractivity contribution in [3.63, 3.8) is 0 Å². The molecule has 0 saturated carbocycles. The SMILES string of the molecule is CCc1ccc(NC(=O)CC(C)c2ccc(N)cc2)cc1. The van der Waals surface area contributed by atoms with Crippen LogP contribution in [-0.4, -0.2) is 5.91 Å². The molecule has 1 amide bonds. The van der Waals surface area contributed by atoms with Crippen LogP contribution in [0.5, 0.6) is 0 Å². The fourth-order valence-electron chi connectivity index (χ4n) is 2.26. The van der Waals surface area contributed by atoms with E-state index in [1.807, 2.05) is 55.5 Å². The number of nitrogens with one attached hydrogen (secondary N) is 1. The van der Waals surface area contributed by atoms with E-state index in [-0.39, 0.29) is 11.8 Å². The van der Waals surface area contributed by atoms with E-state index in [0.29, 0.717) is 6.42 Å². The van der Waals surface area contributed by atoms with Crippen molar-refractivity contribution < 1.29 is 4.79 Å². The van der Waals surface area contributed by atoms with Crippen LogP contribution in [0.3, 0.4) is 0 Å². The maximum atomic E-state index is 12.1. The molecule has 0 spiro atoms. The number of hydrogen-bond acceptors (Lipinski definition) is 2. The molecule has 2 aromatic carbocycles. The molecule has 0 heterocycles. The van der Waals surface area contributed by atoms with Gasteiger partial charge in [-0.25, -0.2) is 0 Å². The van der Waals surface area contributed by atoms with E-state index in [4.69, 9.17) is 5.73 Å². The second-order valence-corrected chi connectivity index (χ2v) is 5.37. The Morgan fingerprint density at radius 2 is 1.71 bits per heavy atom. The molecule has 0 fully saturated rings. The molecule has 3 N–H and O–H groups in total. The van der Waals surface area contributed by atoms with Crippen LogP contribution in [0, 0.1) is 0 Å². The standard InChI is InChI=1S/C18H22N2O/c1-3-14-4-10-17(11-5-14)20-18(21)12-13(2)15-6-8-16(19)9-7-15/h4-11,13H,3,12,19H2,1-2H3,(H,20,21). The number of hydrogen-bond donors (Lipinski definition) is 2. The predicted octanol–water partition coefficient (Wildman–Crippen LogP) is 3.96. The van der Waals surface area contributed by atoms with Crippen LogP contribution in [0.15, 0.2) is 48.5 Å². The molecule has 110 valence electrons. The number of rotatable bonds is 5. The number of nitrogen functional groups attached to an aromatic ring is 1. The zero-order chi connectivity index (χ0) is 15.2. The monoisotopic (exact) mass is 282 g/mol. The summed E-state index contributed by atoms with van der Waals surface area (Å²) in [7, 11) is 0. The van der Waals surface area contributed by atoms with Gasteiger partial charge in [0.1, 0.15) is 0 Å². The van der Waals surface area contributed by atoms with E-state index >= 15 is 0 Å². The zero-order valence-corrected chi connectivity index (χ0v) is 12.6. The lowest BCUT2D eigenvalue weighted by atomic mass is 9.97. The molecular weight excluding hydrogens is 260 g/mol. The van der Waals surface area contributed by atoms with Gasteiger partial charge in [-0.3, -0.25) is 4.79 Å². The second-order valence-electron chi connectivity index (χ2n) is 5.37. The van der Waals surface area contributed by atoms with E-state index in [9.17, 15) is 4.79 Å². The van der Waals surface area contributed by atoms with Gasteiger partial charge in [0.05, 0.1) is 0 Å². The van der Waals surface area contributed by atoms with Gasteiger partial charge >= 0.3 is 0 Å². The quantitative estimate of drug-likeness (QED) is 0.815. The summed E-state index contributed by atoms with van der Waals surface area (Å²) in [6, 6.07) is 15.7. The summed E-state index contributed by atoms with van der Waals surface area (Å²) in [5.41, 5.74) is 9.66. The molecule has 3 heteroatoms. The second kappa shape index (κ2) is 6.93. The molecular formula is C18H22N2O. The van der Waals surface area contributed by atoms with E-state index in [2.05, 4.69) is 12.2 Å². The van der Waals surface area contributed by atoms with Crippen molar-refractivity contribution in [3.8, 4) is 0 Å². The van der Waals surface area contributed by atoms with Gasteiger partial charge in [0.15, 0.2) is 0 Å². The van der Waals surface area contributed by atoms with Gasteiger partial charge in [-0.1, -0.05) is 38.1 Å². The minimum absolute atomic E-state index is 0.0311. The highest BCUT2D eigenvalue weighted by atomic mass is 16.1. The molecule has 0 aliphatic heterocycles. The molecule has 0 aliphatic rings. The highest BCUT2D eigenvalue weighted by Gasteiger charge is 2.11. The summed E-state index contributed by atoms with van der Waals surface area (Å²) in [4.78, 5) is 12.1. The number of nitrogens with two attached hydrogens (primary N) is 1. The van der Waals surface area contributed by atoms with Crippen LogP contribution >= 0.6 is 0 Å². The number of carbonyl (C=O) groups is 1. The fourth-order valence-corrected chi connectivity index (χ4v) is 2.26. The van der Waals surface area contributed by atoms with Crippen LogP contribution in [0.1, 0.15) is 37.3 Å². The van der Waals surface area contributed by atoms with E-state index in [0.717, 1.165) is 23.4 Å². The first kappa shape index (κ1) is 15.1. The Morgan fingerprint density at radius 3 is 2.29 bits per heavy atom. The minimum Gasteiger partial charge on any atom is -0.399 e. The summed E-state index contributed by atoms with van der Waals surface area (Å²) >= 11 is 0. The molecule has 0 bridgehead atoms. The zero-order valence-electron chi connectivity index (χ0n) is 12.6. The maximum Gasteiger partial charge on any atom is 0.224 e. The van der Waals surface area contributed by atoms with E-state index in [1.165, 1.54) is 5.56 Å². The Labute approximate surface area is 126 Å². The Morgan fingerprint density at radius 1 is 1.10 bits per heavy atom. The summed E-state index contributed by atoms with van der Waals surface area (Å²) in [6.07, 6.45) is 1.46. The Hall–Kier alpha value is -2.29. The Balaban J connectivity index is 1.92. The molecule has 0 aliphatic carbocycles. The molecule has 3 nitrogen and oxygen atoms in total. The fraction of sp³-hybridized carbons (Fsp3) is 0.278. The van der Waals surface area contributed by atoms with Gasteiger partial charge in [-0.2, -0.15) is 0 Å². The van der Waals surface area contributed by atoms with Crippen molar-refractivity contribution in [2.75, 3.05) is 11.1 Å². The van der Waals surface area contributed by atoms with E-state index < -0.39 is 0 Å². The number of amides is 1. The first-order valence-electron chi connectivity index (χ1n) is 7.32. The van der Waals surface area contributed by atoms with Gasteiger partial charge in [0.2, 0.25) is 5.91 Å². The lowest BCUT2D eigenvalue weighted by Crippen LogP contribution is -2.14. The molecule has 21 heavy (non-hydrogen) atoms. The van der Waals surface area contributed by atoms with Crippen LogP contribution in [0.25, 0.3) is 0 Å². The van der Waals surface area contributed by atoms with Gasteiger partial charge in [-0.15, -0.1) is 0 Å².